The van der Waals surface area contributed by atoms with E-state index in [1.165, 1.54) is 15.9 Å². The Hall–Kier alpha value is -3.25. The lowest BCUT2D eigenvalue weighted by Crippen LogP contribution is -2.35. The molecule has 4 rings (SSSR count). The van der Waals surface area contributed by atoms with Crippen LogP contribution in [0.25, 0.3) is 21.3 Å². The Morgan fingerprint density at radius 3 is 2.48 bits per heavy atom. The van der Waals surface area contributed by atoms with E-state index < -0.39 is 11.9 Å². The molecule has 1 unspecified atom stereocenters. The maximum absolute atomic E-state index is 13.5. The fraction of sp³-hybridized carbons (Fsp3) is 0.174. The summed E-state index contributed by atoms with van der Waals surface area (Å²) in [7, 11) is 0. The first-order chi connectivity index (χ1) is 14.0. The Morgan fingerprint density at radius 1 is 1.14 bits per heavy atom. The molecule has 0 aliphatic carbocycles. The summed E-state index contributed by atoms with van der Waals surface area (Å²) in [6, 6.07) is 17.0. The lowest BCUT2D eigenvalue weighted by molar-refractivity contribution is -0.120. The molecule has 0 fully saturated rings. The maximum atomic E-state index is 13.5. The minimum Gasteiger partial charge on any atom is -0.368 e. The predicted octanol–water partition coefficient (Wildman–Crippen LogP) is 4.07. The van der Waals surface area contributed by atoms with E-state index in [0.717, 1.165) is 22.3 Å². The molecule has 146 valence electrons. The molecule has 2 aromatic heterocycles. The summed E-state index contributed by atoms with van der Waals surface area (Å²) in [5.74, 6) is -0.0213. The van der Waals surface area contributed by atoms with Crippen LogP contribution in [0.2, 0.25) is 0 Å². The van der Waals surface area contributed by atoms with Crippen LogP contribution in [0.15, 0.2) is 64.8 Å². The Kier molecular flexibility index (Phi) is 5.03. The molecule has 6 heteroatoms. The first-order valence-corrected chi connectivity index (χ1v) is 10.3. The van der Waals surface area contributed by atoms with E-state index in [0.29, 0.717) is 22.5 Å². The van der Waals surface area contributed by atoms with E-state index in [4.69, 9.17) is 10.7 Å². The largest absolute Gasteiger partial charge is 0.368 e. The van der Waals surface area contributed by atoms with Gasteiger partial charge < -0.3 is 5.73 Å². The lowest BCUT2D eigenvalue weighted by Gasteiger charge is -2.17. The van der Waals surface area contributed by atoms with Gasteiger partial charge in [-0.05, 0) is 25.0 Å². The standard InChI is InChI=1S/C23H21N3O2S/c1-14-8-10-17(11-9-14)18-13-29-22-20(18)23(28)26(15(2)21(24)27)19(25-22)12-16-6-4-3-5-7-16/h3-11,13,15H,12H2,1-2H3,(H2,24,27). The first-order valence-electron chi connectivity index (χ1n) is 9.38. The van der Waals surface area contributed by atoms with Crippen molar-refractivity contribution in [1.82, 2.24) is 9.55 Å². The zero-order valence-corrected chi connectivity index (χ0v) is 17.1. The number of carbonyl (C=O) groups excluding carboxylic acids is 1. The van der Waals surface area contributed by atoms with Gasteiger partial charge in [-0.1, -0.05) is 60.2 Å². The smallest absolute Gasteiger partial charge is 0.263 e. The summed E-state index contributed by atoms with van der Waals surface area (Å²) in [5.41, 5.74) is 9.28. The molecule has 29 heavy (non-hydrogen) atoms. The zero-order chi connectivity index (χ0) is 20.5. The van der Waals surface area contributed by atoms with Crippen molar-refractivity contribution in [3.8, 4) is 11.1 Å². The molecule has 5 nitrogen and oxygen atoms in total. The predicted molar refractivity (Wildman–Crippen MR) is 117 cm³/mol. The molecule has 0 saturated carbocycles. The third-order valence-electron chi connectivity index (χ3n) is 5.08. The van der Waals surface area contributed by atoms with Gasteiger partial charge in [0.15, 0.2) is 0 Å². The van der Waals surface area contributed by atoms with Gasteiger partial charge in [0.05, 0.1) is 5.39 Å². The van der Waals surface area contributed by atoms with Crippen LogP contribution in [0.5, 0.6) is 0 Å². The third-order valence-corrected chi connectivity index (χ3v) is 5.95. The van der Waals surface area contributed by atoms with Crippen LogP contribution >= 0.6 is 11.3 Å². The van der Waals surface area contributed by atoms with Crippen molar-refractivity contribution in [2.75, 3.05) is 0 Å². The molecule has 0 radical (unpaired) electrons. The number of carbonyl (C=O) groups is 1. The third kappa shape index (κ3) is 3.59. The molecule has 2 N–H and O–H groups in total. The number of nitrogens with two attached hydrogens (primary N) is 1. The van der Waals surface area contributed by atoms with E-state index in [9.17, 15) is 9.59 Å². The van der Waals surface area contributed by atoms with Crippen LogP contribution in [0.4, 0.5) is 0 Å². The number of aromatic nitrogens is 2. The van der Waals surface area contributed by atoms with Crippen LogP contribution in [0.1, 0.15) is 29.9 Å². The highest BCUT2D eigenvalue weighted by Crippen LogP contribution is 2.32. The highest BCUT2D eigenvalue weighted by Gasteiger charge is 2.22. The quantitative estimate of drug-likeness (QED) is 0.546. The Morgan fingerprint density at radius 2 is 1.83 bits per heavy atom. The number of primary amides is 1. The van der Waals surface area contributed by atoms with E-state index in [2.05, 4.69) is 0 Å². The molecular weight excluding hydrogens is 382 g/mol. The van der Waals surface area contributed by atoms with Gasteiger partial charge >= 0.3 is 0 Å². The van der Waals surface area contributed by atoms with Crippen molar-refractivity contribution in [3.05, 3.63) is 87.3 Å². The van der Waals surface area contributed by atoms with Crippen molar-refractivity contribution in [3.63, 3.8) is 0 Å². The van der Waals surface area contributed by atoms with Gasteiger partial charge in [-0.15, -0.1) is 11.3 Å². The minimum absolute atomic E-state index is 0.232. The number of benzene rings is 2. The Labute approximate surface area is 172 Å². The van der Waals surface area contributed by atoms with Crippen molar-refractivity contribution in [2.24, 2.45) is 5.73 Å². The number of amides is 1. The Bertz CT molecular complexity index is 1240. The topological polar surface area (TPSA) is 78.0 Å². The summed E-state index contributed by atoms with van der Waals surface area (Å²) in [6.07, 6.45) is 0.446. The molecule has 2 heterocycles. The van der Waals surface area contributed by atoms with Gasteiger partial charge in [-0.2, -0.15) is 0 Å². The molecule has 0 spiro atoms. The fourth-order valence-electron chi connectivity index (χ4n) is 3.42. The van der Waals surface area contributed by atoms with E-state index in [-0.39, 0.29) is 5.56 Å². The van der Waals surface area contributed by atoms with Crippen molar-refractivity contribution in [1.29, 1.82) is 0 Å². The summed E-state index contributed by atoms with van der Waals surface area (Å²) >= 11 is 1.44. The number of aryl methyl sites for hydroxylation is 1. The molecule has 0 saturated heterocycles. The van der Waals surface area contributed by atoms with Gasteiger partial charge in [0.25, 0.3) is 5.56 Å². The number of rotatable bonds is 5. The van der Waals surface area contributed by atoms with Gasteiger partial charge in [-0.25, -0.2) is 4.98 Å². The summed E-state index contributed by atoms with van der Waals surface area (Å²) in [5, 5.41) is 2.48. The number of hydrogen-bond acceptors (Lipinski definition) is 4. The number of hydrogen-bond donors (Lipinski definition) is 1. The van der Waals surface area contributed by atoms with Crippen LogP contribution < -0.4 is 11.3 Å². The monoisotopic (exact) mass is 403 g/mol. The van der Waals surface area contributed by atoms with Crippen LogP contribution in [0.3, 0.4) is 0 Å². The van der Waals surface area contributed by atoms with E-state index in [1.807, 2.05) is 66.9 Å². The van der Waals surface area contributed by atoms with Gasteiger partial charge in [0.2, 0.25) is 5.91 Å². The number of fused-ring (bicyclic) bond motifs is 1. The van der Waals surface area contributed by atoms with E-state index in [1.54, 1.807) is 6.92 Å². The number of nitrogens with zero attached hydrogens (tertiary/aromatic N) is 2. The second kappa shape index (κ2) is 7.64. The van der Waals surface area contributed by atoms with Gasteiger partial charge in [-0.3, -0.25) is 14.2 Å². The highest BCUT2D eigenvalue weighted by atomic mass is 32.1. The fourth-order valence-corrected chi connectivity index (χ4v) is 4.38. The molecule has 0 aliphatic rings. The first kappa shape index (κ1) is 19.1. The second-order valence-corrected chi connectivity index (χ2v) is 8.00. The maximum Gasteiger partial charge on any atom is 0.263 e. The minimum atomic E-state index is -0.788. The van der Waals surface area contributed by atoms with Crippen LogP contribution in [-0.4, -0.2) is 15.5 Å². The van der Waals surface area contributed by atoms with Crippen LogP contribution in [0, 0.1) is 6.92 Å². The normalized spacial score (nSPS) is 12.2. The average molecular weight is 404 g/mol. The average Bonchev–Trinajstić information content (AvgIpc) is 3.13. The van der Waals surface area contributed by atoms with Crippen molar-refractivity contribution >= 4 is 27.5 Å². The molecular formula is C23H21N3O2S. The summed E-state index contributed by atoms with van der Waals surface area (Å²) in [6.45, 7) is 3.66. The second-order valence-electron chi connectivity index (χ2n) is 7.14. The van der Waals surface area contributed by atoms with Crippen molar-refractivity contribution < 1.29 is 4.79 Å². The summed E-state index contributed by atoms with van der Waals surface area (Å²) in [4.78, 5) is 30.9. The molecule has 0 aliphatic heterocycles. The molecule has 1 amide bonds. The lowest BCUT2D eigenvalue weighted by atomic mass is 10.0. The van der Waals surface area contributed by atoms with Crippen LogP contribution in [-0.2, 0) is 11.2 Å². The summed E-state index contributed by atoms with van der Waals surface area (Å²) < 4.78 is 1.45. The van der Waals surface area contributed by atoms with Gasteiger partial charge in [0.1, 0.15) is 16.7 Å². The number of thiophene rings is 1. The van der Waals surface area contributed by atoms with Crippen molar-refractivity contribution in [2.45, 2.75) is 26.3 Å². The van der Waals surface area contributed by atoms with Gasteiger partial charge in [0, 0.05) is 17.4 Å². The Balaban J connectivity index is 1.95. The molecule has 1 atom stereocenters. The molecule has 4 aromatic rings. The molecule has 2 aromatic carbocycles. The zero-order valence-electron chi connectivity index (χ0n) is 16.3. The molecule has 0 bridgehead atoms. The van der Waals surface area contributed by atoms with E-state index >= 15 is 0 Å². The highest BCUT2D eigenvalue weighted by molar-refractivity contribution is 7.17. The SMILES string of the molecule is Cc1ccc(-c2csc3nc(Cc4ccccc4)n(C(C)C(N)=O)c(=O)c23)cc1.